The molecule has 320 valence electrons. The van der Waals surface area contributed by atoms with Crippen molar-refractivity contribution in [3.8, 4) is 0 Å². The summed E-state index contributed by atoms with van der Waals surface area (Å²) in [4.78, 5) is 20.8. The van der Waals surface area contributed by atoms with Gasteiger partial charge >= 0.3 is 11.9 Å². The van der Waals surface area contributed by atoms with Crippen LogP contribution in [0.2, 0.25) is 0 Å². The smallest absolute Gasteiger partial charge is 0.303 e. The Morgan fingerprint density at radius 2 is 0.472 bits per heavy atom. The van der Waals surface area contributed by atoms with Gasteiger partial charge in [0.25, 0.3) is 0 Å². The van der Waals surface area contributed by atoms with Gasteiger partial charge in [-0.2, -0.15) is 0 Å². The molecule has 6 heteroatoms. The lowest BCUT2D eigenvalue weighted by atomic mass is 10.0. The molecule has 0 fully saturated rings. The summed E-state index contributed by atoms with van der Waals surface area (Å²) in [7, 11) is 0. The predicted octanol–water partition coefficient (Wildman–Crippen LogP) is 15.1. The molecule has 0 radical (unpaired) electrons. The van der Waals surface area contributed by atoms with E-state index in [0.717, 1.165) is 25.7 Å². The second-order valence-electron chi connectivity index (χ2n) is 16.0. The summed E-state index contributed by atoms with van der Waals surface area (Å²) in [6.45, 7) is 5.95. The van der Waals surface area contributed by atoms with Gasteiger partial charge in [0.15, 0.2) is 0 Å². The van der Waals surface area contributed by atoms with E-state index in [9.17, 15) is 9.59 Å². The predicted molar refractivity (Wildman–Crippen MR) is 230 cm³/mol. The van der Waals surface area contributed by atoms with E-state index in [-0.39, 0.29) is 6.61 Å². The van der Waals surface area contributed by atoms with Crippen molar-refractivity contribution in [2.45, 2.75) is 284 Å². The molecule has 0 aromatic carbocycles. The lowest BCUT2D eigenvalue weighted by Crippen LogP contribution is -2.03. The van der Waals surface area contributed by atoms with Crippen LogP contribution < -0.4 is 0 Å². The molecule has 0 bridgehead atoms. The van der Waals surface area contributed by atoms with Crippen molar-refractivity contribution in [3.05, 3.63) is 0 Å². The normalized spacial score (nSPS) is 11.4. The van der Waals surface area contributed by atoms with E-state index in [4.69, 9.17) is 20.4 Å². The Morgan fingerprint density at radius 3 is 0.585 bits per heavy atom. The van der Waals surface area contributed by atoms with Crippen LogP contribution in [0.1, 0.15) is 278 Å². The number of aliphatic hydroxyl groups excluding tert-OH is 2. The van der Waals surface area contributed by atoms with Crippen LogP contribution in [-0.4, -0.2) is 45.1 Å². The number of carbonyl (C=O) groups is 2. The van der Waals surface area contributed by atoms with Gasteiger partial charge in [0.1, 0.15) is 0 Å². The van der Waals surface area contributed by atoms with E-state index in [0.29, 0.717) is 12.8 Å². The minimum atomic E-state index is -0.651. The van der Waals surface area contributed by atoms with E-state index in [1.807, 2.05) is 0 Å². The van der Waals surface area contributed by atoms with E-state index in [1.54, 1.807) is 0 Å². The van der Waals surface area contributed by atoms with Crippen LogP contribution in [0.3, 0.4) is 0 Å². The Morgan fingerprint density at radius 1 is 0.340 bits per heavy atom. The summed E-state index contributed by atoms with van der Waals surface area (Å²) in [5, 5.41) is 33.1. The molecule has 6 nitrogen and oxygen atoms in total. The zero-order valence-corrected chi connectivity index (χ0v) is 36.2. The molecule has 0 aliphatic carbocycles. The Kier molecular flexibility index (Phi) is 56.2. The number of hydrogen-bond acceptors (Lipinski definition) is 4. The van der Waals surface area contributed by atoms with Gasteiger partial charge in [-0.1, -0.05) is 245 Å². The lowest BCUT2D eigenvalue weighted by Gasteiger charge is -2.03. The molecule has 0 rings (SSSR count). The third kappa shape index (κ3) is 66.1. The highest BCUT2D eigenvalue weighted by molar-refractivity contribution is 5.66. The monoisotopic (exact) mass is 757 g/mol. The SMILES string of the molecule is CC(O)CO.CCCCCCCCCCCCCCCCCCCCCC(=O)O.CCCCCCCCCCCCCCCCCCCCCC(=O)O. The van der Waals surface area contributed by atoms with Crippen LogP contribution in [0.4, 0.5) is 0 Å². The molecule has 0 heterocycles. The van der Waals surface area contributed by atoms with Gasteiger partial charge in [-0.15, -0.1) is 0 Å². The van der Waals surface area contributed by atoms with Gasteiger partial charge in [-0.05, 0) is 19.8 Å². The van der Waals surface area contributed by atoms with Gasteiger partial charge < -0.3 is 20.4 Å². The first-order chi connectivity index (χ1) is 25.8. The topological polar surface area (TPSA) is 115 Å². The van der Waals surface area contributed by atoms with Gasteiger partial charge in [0, 0.05) is 12.8 Å². The molecule has 0 saturated carbocycles. The van der Waals surface area contributed by atoms with Gasteiger partial charge in [0.2, 0.25) is 0 Å². The molecule has 1 atom stereocenters. The van der Waals surface area contributed by atoms with Gasteiger partial charge in [-0.25, -0.2) is 0 Å². The summed E-state index contributed by atoms with van der Waals surface area (Å²) < 4.78 is 0. The third-order valence-electron chi connectivity index (χ3n) is 10.3. The molecular formula is C47H96O6. The highest BCUT2D eigenvalue weighted by atomic mass is 16.4. The molecular weight excluding hydrogens is 661 g/mol. The van der Waals surface area contributed by atoms with Crippen LogP contribution >= 0.6 is 0 Å². The average Bonchev–Trinajstić information content (AvgIpc) is 3.13. The maximum Gasteiger partial charge on any atom is 0.303 e. The van der Waals surface area contributed by atoms with Crippen molar-refractivity contribution in [1.82, 2.24) is 0 Å². The van der Waals surface area contributed by atoms with Crippen molar-refractivity contribution >= 4 is 11.9 Å². The van der Waals surface area contributed by atoms with Crippen molar-refractivity contribution in [1.29, 1.82) is 0 Å². The van der Waals surface area contributed by atoms with Crippen molar-refractivity contribution in [2.75, 3.05) is 6.61 Å². The Labute approximate surface area is 331 Å². The highest BCUT2D eigenvalue weighted by Crippen LogP contribution is 2.16. The molecule has 0 aliphatic rings. The van der Waals surface area contributed by atoms with E-state index in [1.165, 1.54) is 225 Å². The first-order valence-electron chi connectivity index (χ1n) is 23.5. The largest absolute Gasteiger partial charge is 0.481 e. The Hall–Kier alpha value is -1.14. The van der Waals surface area contributed by atoms with Crippen LogP contribution in [0.5, 0.6) is 0 Å². The van der Waals surface area contributed by atoms with E-state index < -0.39 is 18.0 Å². The fourth-order valence-corrected chi connectivity index (χ4v) is 6.71. The number of aliphatic carboxylic acids is 2. The molecule has 53 heavy (non-hydrogen) atoms. The van der Waals surface area contributed by atoms with E-state index >= 15 is 0 Å². The molecule has 0 aromatic rings. The first kappa shape index (κ1) is 56.2. The molecule has 0 aliphatic heterocycles. The fourth-order valence-electron chi connectivity index (χ4n) is 6.71. The number of unbranched alkanes of at least 4 members (excludes halogenated alkanes) is 36. The number of carboxylic acids is 2. The molecule has 0 spiro atoms. The average molecular weight is 757 g/mol. The molecule has 0 aromatic heterocycles. The Balaban J connectivity index is -0.000000835. The van der Waals surface area contributed by atoms with Crippen molar-refractivity contribution < 1.29 is 30.0 Å². The van der Waals surface area contributed by atoms with Crippen molar-refractivity contribution in [3.63, 3.8) is 0 Å². The lowest BCUT2D eigenvalue weighted by molar-refractivity contribution is -0.138. The number of carboxylic acid groups (broad SMARTS) is 2. The first-order valence-corrected chi connectivity index (χ1v) is 23.5. The second kappa shape index (κ2) is 53.0. The van der Waals surface area contributed by atoms with Gasteiger partial charge in [0.05, 0.1) is 12.7 Å². The van der Waals surface area contributed by atoms with Gasteiger partial charge in [-0.3, -0.25) is 9.59 Å². The van der Waals surface area contributed by atoms with Crippen molar-refractivity contribution in [2.24, 2.45) is 0 Å². The molecule has 4 N–H and O–H groups in total. The Bertz CT molecular complexity index is 615. The van der Waals surface area contributed by atoms with Crippen LogP contribution in [0.25, 0.3) is 0 Å². The van der Waals surface area contributed by atoms with Crippen LogP contribution in [0, 0.1) is 0 Å². The van der Waals surface area contributed by atoms with Crippen LogP contribution in [-0.2, 0) is 9.59 Å². The summed E-state index contributed by atoms with van der Waals surface area (Å²) >= 11 is 0. The summed E-state index contributed by atoms with van der Waals surface area (Å²) in [5.74, 6) is -1.30. The summed E-state index contributed by atoms with van der Waals surface area (Å²) in [5.41, 5.74) is 0. The molecule has 0 saturated heterocycles. The molecule has 0 amide bonds. The third-order valence-corrected chi connectivity index (χ3v) is 10.3. The zero-order valence-electron chi connectivity index (χ0n) is 36.2. The minimum absolute atomic E-state index is 0.139. The number of rotatable bonds is 41. The number of aliphatic hydroxyl groups is 2. The van der Waals surface area contributed by atoms with Crippen LogP contribution in [0.15, 0.2) is 0 Å². The second-order valence-corrected chi connectivity index (χ2v) is 16.0. The quantitative estimate of drug-likeness (QED) is 0.0462. The minimum Gasteiger partial charge on any atom is -0.481 e. The summed E-state index contributed by atoms with van der Waals surface area (Å²) in [6, 6.07) is 0. The zero-order chi connectivity index (χ0) is 39.7. The fraction of sp³-hybridized carbons (Fsp3) is 0.957. The summed E-state index contributed by atoms with van der Waals surface area (Å²) in [6.07, 6.45) is 51.6. The molecule has 1 unspecified atom stereocenters. The van der Waals surface area contributed by atoms with E-state index in [2.05, 4.69) is 13.8 Å². The number of hydrogen-bond donors (Lipinski definition) is 4. The maximum absolute atomic E-state index is 10.4. The maximum atomic E-state index is 10.4. The highest BCUT2D eigenvalue weighted by Gasteiger charge is 1.99. The standard InChI is InChI=1S/2C22H44O2.C3H8O2/c2*1-2-3-4-5-6-7-8-9-10-11-12-13-14-15-16-17-18-19-20-21-22(23)24;1-3(5)2-4/h2*2-21H2,1H3,(H,23,24);3-5H,2H2,1H3.